The first kappa shape index (κ1) is 8.18. The Bertz CT molecular complexity index is 249. The largest absolute Gasteiger partial charge is 0.235 e. The molecule has 0 aliphatic carbocycles. The fourth-order valence-electron chi connectivity index (χ4n) is 0.886. The highest BCUT2D eigenvalue weighted by Crippen LogP contribution is 2.09. The van der Waals surface area contributed by atoms with Crippen LogP contribution >= 0.6 is 11.3 Å². The molecule has 0 aromatic carbocycles. The Kier molecular flexibility index (Phi) is 3.02. The second-order valence-electron chi connectivity index (χ2n) is 2.41. The van der Waals surface area contributed by atoms with Gasteiger partial charge in [-0.1, -0.05) is 0 Å². The predicted octanol–water partition coefficient (Wildman–Crippen LogP) is 2.01. The summed E-state index contributed by atoms with van der Waals surface area (Å²) in [6.45, 7) is 1.91. The summed E-state index contributed by atoms with van der Waals surface area (Å²) in [5, 5.41) is 4.09. The van der Waals surface area contributed by atoms with Crippen LogP contribution in [0.15, 0.2) is 21.8 Å². The van der Waals surface area contributed by atoms with Crippen molar-refractivity contribution in [2.75, 3.05) is 0 Å². The normalized spacial score (nSPS) is 12.1. The molecule has 1 unspecified atom stereocenters. The first-order chi connectivity index (χ1) is 5.33. The highest BCUT2D eigenvalue weighted by molar-refractivity contribution is 7.07. The Hall–Kier alpha value is -0.920. The lowest BCUT2D eigenvalue weighted by Crippen LogP contribution is -2.00. The summed E-state index contributed by atoms with van der Waals surface area (Å²) in [5.74, 6) is 0. The zero-order valence-corrected chi connectivity index (χ0v) is 7.10. The van der Waals surface area contributed by atoms with Crippen LogP contribution in [0.1, 0.15) is 12.5 Å². The predicted molar refractivity (Wildman–Crippen MR) is 45.6 cm³/mol. The van der Waals surface area contributed by atoms with Gasteiger partial charge in [-0.25, -0.2) is 9.79 Å². The minimum atomic E-state index is 0.0575. The number of isocyanates is 1. The van der Waals surface area contributed by atoms with Crippen molar-refractivity contribution in [1.29, 1.82) is 0 Å². The van der Waals surface area contributed by atoms with E-state index in [-0.39, 0.29) is 6.04 Å². The maximum absolute atomic E-state index is 9.85. The van der Waals surface area contributed by atoms with Gasteiger partial charge in [0.1, 0.15) is 0 Å². The van der Waals surface area contributed by atoms with Crippen molar-refractivity contribution in [3.8, 4) is 0 Å². The molecule has 0 saturated heterocycles. The van der Waals surface area contributed by atoms with Gasteiger partial charge in [0.25, 0.3) is 0 Å². The molecule has 1 rings (SSSR count). The fraction of sp³-hybridized carbons (Fsp3) is 0.375. The first-order valence-electron chi connectivity index (χ1n) is 3.41. The number of aliphatic imine (C=N–C) groups is 1. The molecule has 0 fully saturated rings. The second kappa shape index (κ2) is 4.06. The third-order valence-corrected chi connectivity index (χ3v) is 2.12. The van der Waals surface area contributed by atoms with E-state index in [0.717, 1.165) is 6.42 Å². The zero-order valence-electron chi connectivity index (χ0n) is 6.28. The molecule has 0 N–H and O–H groups in total. The van der Waals surface area contributed by atoms with Gasteiger partial charge in [-0.05, 0) is 35.7 Å². The third kappa shape index (κ3) is 2.66. The topological polar surface area (TPSA) is 29.4 Å². The second-order valence-corrected chi connectivity index (χ2v) is 3.19. The highest BCUT2D eigenvalue weighted by Gasteiger charge is 2.00. The summed E-state index contributed by atoms with van der Waals surface area (Å²) >= 11 is 1.66. The third-order valence-electron chi connectivity index (χ3n) is 1.38. The van der Waals surface area contributed by atoms with Gasteiger partial charge in [0, 0.05) is 0 Å². The van der Waals surface area contributed by atoms with E-state index >= 15 is 0 Å². The van der Waals surface area contributed by atoms with Crippen LogP contribution in [0.3, 0.4) is 0 Å². The summed E-state index contributed by atoms with van der Waals surface area (Å²) < 4.78 is 0. The minimum absolute atomic E-state index is 0.0575. The van der Waals surface area contributed by atoms with Crippen molar-refractivity contribution in [2.24, 2.45) is 4.99 Å². The fourth-order valence-corrected chi connectivity index (χ4v) is 1.57. The Morgan fingerprint density at radius 2 is 2.64 bits per heavy atom. The molecule has 11 heavy (non-hydrogen) atoms. The van der Waals surface area contributed by atoms with Crippen molar-refractivity contribution < 1.29 is 4.79 Å². The molecule has 0 saturated carbocycles. The van der Waals surface area contributed by atoms with Crippen LogP contribution in [0.4, 0.5) is 0 Å². The van der Waals surface area contributed by atoms with Crippen LogP contribution in [0.2, 0.25) is 0 Å². The molecule has 0 amide bonds. The standard InChI is InChI=1S/C8H9NOS/c1-7(9-6-10)4-8-2-3-11-5-8/h2-3,5,7H,4H2,1H3. The molecule has 0 radical (unpaired) electrons. The number of rotatable bonds is 3. The van der Waals surface area contributed by atoms with Gasteiger partial charge in [-0.3, -0.25) is 0 Å². The Labute approximate surface area is 69.6 Å². The van der Waals surface area contributed by atoms with Crippen LogP contribution in [-0.4, -0.2) is 12.1 Å². The van der Waals surface area contributed by atoms with Crippen molar-refractivity contribution in [3.63, 3.8) is 0 Å². The van der Waals surface area contributed by atoms with E-state index in [1.54, 1.807) is 17.4 Å². The van der Waals surface area contributed by atoms with E-state index < -0.39 is 0 Å². The molecule has 1 aromatic rings. The summed E-state index contributed by atoms with van der Waals surface area (Å²) in [6, 6.07) is 2.10. The molecular weight excluding hydrogens is 158 g/mol. The van der Waals surface area contributed by atoms with Gasteiger partial charge in [-0.2, -0.15) is 11.3 Å². The lowest BCUT2D eigenvalue weighted by molar-refractivity contribution is 0.558. The zero-order chi connectivity index (χ0) is 8.10. The van der Waals surface area contributed by atoms with E-state index in [1.165, 1.54) is 5.56 Å². The molecule has 1 heterocycles. The van der Waals surface area contributed by atoms with E-state index in [9.17, 15) is 4.79 Å². The van der Waals surface area contributed by atoms with Gasteiger partial charge < -0.3 is 0 Å². The molecule has 3 heteroatoms. The van der Waals surface area contributed by atoms with Crippen LogP contribution in [-0.2, 0) is 11.2 Å². The summed E-state index contributed by atoms with van der Waals surface area (Å²) in [6.07, 6.45) is 2.39. The summed E-state index contributed by atoms with van der Waals surface area (Å²) in [5.41, 5.74) is 1.24. The number of nitrogens with zero attached hydrogens (tertiary/aromatic N) is 1. The van der Waals surface area contributed by atoms with Gasteiger partial charge in [0.05, 0.1) is 6.04 Å². The van der Waals surface area contributed by atoms with E-state index in [2.05, 4.69) is 10.4 Å². The van der Waals surface area contributed by atoms with Crippen LogP contribution in [0.5, 0.6) is 0 Å². The first-order valence-corrected chi connectivity index (χ1v) is 4.35. The van der Waals surface area contributed by atoms with Crippen LogP contribution < -0.4 is 0 Å². The van der Waals surface area contributed by atoms with Crippen molar-refractivity contribution in [3.05, 3.63) is 22.4 Å². The molecule has 0 aliphatic heterocycles. The molecule has 1 atom stereocenters. The maximum atomic E-state index is 9.85. The van der Waals surface area contributed by atoms with Gasteiger partial charge in [0.15, 0.2) is 0 Å². The molecule has 0 spiro atoms. The Morgan fingerprint density at radius 3 is 3.18 bits per heavy atom. The molecular formula is C8H9NOS. The number of hydrogen-bond donors (Lipinski definition) is 0. The smallest absolute Gasteiger partial charge is 0.211 e. The number of hydrogen-bond acceptors (Lipinski definition) is 3. The maximum Gasteiger partial charge on any atom is 0.235 e. The lowest BCUT2D eigenvalue weighted by atomic mass is 10.1. The van der Waals surface area contributed by atoms with Crippen molar-refractivity contribution >= 4 is 17.4 Å². The summed E-state index contributed by atoms with van der Waals surface area (Å²) in [7, 11) is 0. The lowest BCUT2D eigenvalue weighted by Gasteiger charge is -1.99. The van der Waals surface area contributed by atoms with Gasteiger partial charge >= 0.3 is 0 Å². The molecule has 2 nitrogen and oxygen atoms in total. The average molecular weight is 167 g/mol. The Balaban J connectivity index is 2.49. The molecule has 1 aromatic heterocycles. The molecule has 0 aliphatic rings. The van der Waals surface area contributed by atoms with Crippen molar-refractivity contribution in [1.82, 2.24) is 0 Å². The van der Waals surface area contributed by atoms with E-state index in [4.69, 9.17) is 0 Å². The van der Waals surface area contributed by atoms with Gasteiger partial charge in [-0.15, -0.1) is 0 Å². The minimum Gasteiger partial charge on any atom is -0.211 e. The van der Waals surface area contributed by atoms with Gasteiger partial charge in [0.2, 0.25) is 6.08 Å². The summed E-state index contributed by atoms with van der Waals surface area (Å²) in [4.78, 5) is 13.5. The van der Waals surface area contributed by atoms with E-state index in [1.807, 2.05) is 18.4 Å². The highest BCUT2D eigenvalue weighted by atomic mass is 32.1. The number of thiophene rings is 1. The monoisotopic (exact) mass is 167 g/mol. The number of carbonyl (C=O) groups excluding carboxylic acids is 1. The quantitative estimate of drug-likeness (QED) is 0.500. The SMILES string of the molecule is CC(Cc1ccsc1)N=C=O. The van der Waals surface area contributed by atoms with Crippen molar-refractivity contribution in [2.45, 2.75) is 19.4 Å². The molecule has 0 bridgehead atoms. The molecule has 58 valence electrons. The van der Waals surface area contributed by atoms with Crippen LogP contribution in [0, 0.1) is 0 Å². The van der Waals surface area contributed by atoms with E-state index in [0.29, 0.717) is 0 Å². The Morgan fingerprint density at radius 1 is 1.82 bits per heavy atom. The average Bonchev–Trinajstić information content (AvgIpc) is 2.40. The van der Waals surface area contributed by atoms with Crippen LogP contribution in [0.25, 0.3) is 0 Å².